The van der Waals surface area contributed by atoms with Gasteiger partial charge < -0.3 is 5.32 Å². The molecule has 0 saturated heterocycles. The summed E-state index contributed by atoms with van der Waals surface area (Å²) in [6, 6.07) is 18.3. The molecule has 0 atom stereocenters. The molecule has 0 bridgehead atoms. The van der Waals surface area contributed by atoms with E-state index in [1.807, 2.05) is 24.3 Å². The van der Waals surface area contributed by atoms with Crippen LogP contribution in [0.5, 0.6) is 0 Å². The van der Waals surface area contributed by atoms with E-state index < -0.39 is 17.6 Å². The zero-order valence-corrected chi connectivity index (χ0v) is 19.6. The van der Waals surface area contributed by atoms with Crippen molar-refractivity contribution in [2.24, 2.45) is 0 Å². The van der Waals surface area contributed by atoms with Crippen LogP contribution in [0, 0.1) is 12.7 Å². The van der Waals surface area contributed by atoms with Crippen molar-refractivity contribution in [2.45, 2.75) is 33.1 Å². The van der Waals surface area contributed by atoms with Gasteiger partial charge in [0, 0.05) is 10.7 Å². The first kappa shape index (κ1) is 22.7. The van der Waals surface area contributed by atoms with Crippen LogP contribution in [-0.4, -0.2) is 11.8 Å². The van der Waals surface area contributed by atoms with Gasteiger partial charge in [0.25, 0.3) is 11.8 Å². The summed E-state index contributed by atoms with van der Waals surface area (Å²) in [6.45, 7) is 8.12. The number of nitrogens with zero attached hydrogens (tertiary/aromatic N) is 1. The van der Waals surface area contributed by atoms with Gasteiger partial charge in [-0.15, -0.1) is 0 Å². The second-order valence-corrected chi connectivity index (χ2v) is 9.45. The highest BCUT2D eigenvalue weighted by atomic mass is 35.5. The fraction of sp³-hybridized carbons (Fsp3) is 0.185. The summed E-state index contributed by atoms with van der Waals surface area (Å²) in [4.78, 5) is 28.2. The van der Waals surface area contributed by atoms with Gasteiger partial charge in [0.1, 0.15) is 11.5 Å². The highest BCUT2D eigenvalue weighted by Crippen LogP contribution is 2.37. The Kier molecular flexibility index (Phi) is 5.85. The molecule has 0 unspecified atom stereocenters. The molecule has 2 amide bonds. The average molecular weight is 463 g/mol. The van der Waals surface area contributed by atoms with Crippen LogP contribution < -0.4 is 10.2 Å². The van der Waals surface area contributed by atoms with Crippen LogP contribution in [0.25, 0.3) is 5.57 Å². The number of carbonyl (C=O) groups excluding carboxylic acids is 2. The van der Waals surface area contributed by atoms with Crippen molar-refractivity contribution in [3.63, 3.8) is 0 Å². The van der Waals surface area contributed by atoms with E-state index in [1.165, 1.54) is 24.3 Å². The van der Waals surface area contributed by atoms with Gasteiger partial charge in [-0.05, 0) is 65.4 Å². The zero-order chi connectivity index (χ0) is 23.9. The molecule has 168 valence electrons. The van der Waals surface area contributed by atoms with E-state index >= 15 is 0 Å². The summed E-state index contributed by atoms with van der Waals surface area (Å²) in [7, 11) is 0. The Morgan fingerprint density at radius 3 is 2.12 bits per heavy atom. The molecule has 0 aromatic heterocycles. The van der Waals surface area contributed by atoms with Gasteiger partial charge in [-0.2, -0.15) is 0 Å². The lowest BCUT2D eigenvalue weighted by Crippen LogP contribution is -2.33. The van der Waals surface area contributed by atoms with Gasteiger partial charge >= 0.3 is 0 Å². The topological polar surface area (TPSA) is 49.4 Å². The number of rotatable bonds is 4. The standard InChI is InChI=1S/C27H24ClFN2O2/c1-16-21(28)6-5-7-22(16)31-25(32)23(17-8-12-19(29)13-9-17)24(26(31)33)30-20-14-10-18(11-15-20)27(2,3)4/h5-15,30H,1-4H3. The third-order valence-electron chi connectivity index (χ3n) is 5.72. The second kappa shape index (κ2) is 8.49. The third kappa shape index (κ3) is 4.29. The number of benzene rings is 3. The summed E-state index contributed by atoms with van der Waals surface area (Å²) < 4.78 is 13.6. The van der Waals surface area contributed by atoms with E-state index in [0.717, 1.165) is 10.5 Å². The Bertz CT molecular complexity index is 1270. The zero-order valence-electron chi connectivity index (χ0n) is 18.9. The highest BCUT2D eigenvalue weighted by molar-refractivity contribution is 6.46. The van der Waals surface area contributed by atoms with Crippen molar-refractivity contribution in [1.82, 2.24) is 0 Å². The maximum atomic E-state index is 13.6. The largest absolute Gasteiger partial charge is 0.350 e. The first-order valence-electron chi connectivity index (χ1n) is 10.6. The second-order valence-electron chi connectivity index (χ2n) is 9.04. The molecule has 1 heterocycles. The van der Waals surface area contributed by atoms with Crippen LogP contribution >= 0.6 is 11.6 Å². The first-order valence-corrected chi connectivity index (χ1v) is 11.0. The number of carbonyl (C=O) groups is 2. The van der Waals surface area contributed by atoms with Crippen LogP contribution in [-0.2, 0) is 15.0 Å². The fourth-order valence-electron chi connectivity index (χ4n) is 3.79. The van der Waals surface area contributed by atoms with Crippen molar-refractivity contribution < 1.29 is 14.0 Å². The number of nitrogens with one attached hydrogen (secondary N) is 1. The van der Waals surface area contributed by atoms with Crippen molar-refractivity contribution in [3.05, 3.63) is 100.0 Å². The van der Waals surface area contributed by atoms with Gasteiger partial charge in [0.15, 0.2) is 0 Å². The Labute approximate surface area is 197 Å². The minimum Gasteiger partial charge on any atom is -0.350 e. The predicted molar refractivity (Wildman–Crippen MR) is 131 cm³/mol. The summed E-state index contributed by atoms with van der Waals surface area (Å²) in [5, 5.41) is 3.59. The molecule has 6 heteroatoms. The lowest BCUT2D eigenvalue weighted by Gasteiger charge is -2.20. The first-order chi connectivity index (χ1) is 15.6. The van der Waals surface area contributed by atoms with Crippen LogP contribution in [0.1, 0.15) is 37.5 Å². The number of hydrogen-bond donors (Lipinski definition) is 1. The quantitative estimate of drug-likeness (QED) is 0.451. The van der Waals surface area contributed by atoms with Crippen LogP contribution in [0.4, 0.5) is 15.8 Å². The molecule has 4 nitrogen and oxygen atoms in total. The predicted octanol–water partition coefficient (Wildman–Crippen LogP) is 6.48. The van der Waals surface area contributed by atoms with E-state index in [4.69, 9.17) is 11.6 Å². The minimum atomic E-state index is -0.496. The molecule has 33 heavy (non-hydrogen) atoms. The maximum absolute atomic E-state index is 13.6. The fourth-order valence-corrected chi connectivity index (χ4v) is 3.95. The molecule has 0 spiro atoms. The Balaban J connectivity index is 1.80. The van der Waals surface area contributed by atoms with E-state index in [9.17, 15) is 14.0 Å². The number of hydrogen-bond acceptors (Lipinski definition) is 3. The van der Waals surface area contributed by atoms with Crippen molar-refractivity contribution >= 4 is 40.4 Å². The van der Waals surface area contributed by atoms with Crippen molar-refractivity contribution in [2.75, 3.05) is 10.2 Å². The molecule has 1 aliphatic rings. The van der Waals surface area contributed by atoms with Crippen LogP contribution in [0.2, 0.25) is 5.02 Å². The van der Waals surface area contributed by atoms with Crippen molar-refractivity contribution in [1.29, 1.82) is 0 Å². The molecule has 4 rings (SSSR count). The summed E-state index contributed by atoms with van der Waals surface area (Å²) in [6.07, 6.45) is 0. The normalized spacial score (nSPS) is 14.3. The molecular weight excluding hydrogens is 439 g/mol. The Morgan fingerprint density at radius 2 is 1.52 bits per heavy atom. The molecule has 0 fully saturated rings. The summed E-state index contributed by atoms with van der Waals surface area (Å²) in [5.41, 5.74) is 3.60. The number of halogens is 2. The van der Waals surface area contributed by atoms with E-state index in [-0.39, 0.29) is 16.7 Å². The molecule has 0 radical (unpaired) electrons. The van der Waals surface area contributed by atoms with Gasteiger partial charge in [0.05, 0.1) is 11.3 Å². The third-order valence-corrected chi connectivity index (χ3v) is 6.13. The van der Waals surface area contributed by atoms with E-state index in [2.05, 4.69) is 26.1 Å². The lowest BCUT2D eigenvalue weighted by atomic mass is 9.87. The SMILES string of the molecule is Cc1c(Cl)cccc1N1C(=O)C(Nc2ccc(C(C)(C)C)cc2)=C(c2ccc(F)cc2)C1=O. The van der Waals surface area contributed by atoms with Gasteiger partial charge in [-0.25, -0.2) is 9.29 Å². The molecular formula is C27H24ClFN2O2. The molecule has 0 saturated carbocycles. The number of anilines is 2. The summed E-state index contributed by atoms with van der Waals surface area (Å²) >= 11 is 6.26. The molecule has 0 aliphatic carbocycles. The smallest absolute Gasteiger partial charge is 0.282 e. The van der Waals surface area contributed by atoms with Gasteiger partial charge in [-0.1, -0.05) is 62.7 Å². The van der Waals surface area contributed by atoms with Gasteiger partial charge in [0.2, 0.25) is 0 Å². The maximum Gasteiger partial charge on any atom is 0.282 e. The Hall–Kier alpha value is -3.44. The summed E-state index contributed by atoms with van der Waals surface area (Å²) in [5.74, 6) is -1.42. The average Bonchev–Trinajstić information content (AvgIpc) is 3.00. The monoisotopic (exact) mass is 462 g/mol. The molecule has 1 N–H and O–H groups in total. The van der Waals surface area contributed by atoms with Crippen LogP contribution in [0.3, 0.4) is 0 Å². The Morgan fingerprint density at radius 1 is 0.879 bits per heavy atom. The molecule has 3 aromatic carbocycles. The number of amides is 2. The molecule has 1 aliphatic heterocycles. The highest BCUT2D eigenvalue weighted by Gasteiger charge is 2.41. The van der Waals surface area contributed by atoms with E-state index in [0.29, 0.717) is 27.5 Å². The lowest BCUT2D eigenvalue weighted by molar-refractivity contribution is -0.120. The van der Waals surface area contributed by atoms with Crippen LogP contribution in [0.15, 0.2) is 72.4 Å². The van der Waals surface area contributed by atoms with Gasteiger partial charge in [-0.3, -0.25) is 9.59 Å². The van der Waals surface area contributed by atoms with E-state index in [1.54, 1.807) is 25.1 Å². The molecule has 3 aromatic rings. The van der Waals surface area contributed by atoms with Crippen molar-refractivity contribution in [3.8, 4) is 0 Å². The minimum absolute atomic E-state index is 0.0167. The number of imide groups is 1.